The predicted molar refractivity (Wildman–Crippen MR) is 182 cm³/mol. The van der Waals surface area contributed by atoms with Crippen LogP contribution in [-0.4, -0.2) is 9.55 Å². The molecule has 0 amide bonds. The van der Waals surface area contributed by atoms with E-state index in [0.717, 1.165) is 33.3 Å². The minimum Gasteiger partial charge on any atom is -0.509 e. The van der Waals surface area contributed by atoms with Gasteiger partial charge in [-0.15, -0.1) is 30.3 Å². The molecule has 0 bridgehead atoms. The molecule has 0 spiro atoms. The third kappa shape index (κ3) is 3.96. The first-order valence-electron chi connectivity index (χ1n) is 15.3. The zero-order chi connectivity index (χ0) is 30.4. The predicted octanol–water partition coefficient (Wildman–Crippen LogP) is 10.2. The SMILES string of the molecule is CC(C)(C)c1cccc([N@+]23[CH-][N+]2(c2[c-]c(Oc4[c-]c(-n5c6ccccc6c6cccnc65)ccc4)ccc2)c2ccccc23)c1.[Pt]. The molecule has 2 aliphatic heterocycles. The van der Waals surface area contributed by atoms with Gasteiger partial charge in [0.1, 0.15) is 5.65 Å². The number of rotatable bonds is 5. The second-order valence-electron chi connectivity index (χ2n) is 12.9. The maximum Gasteiger partial charge on any atom is 0.225 e. The average Bonchev–Trinajstić information content (AvgIpc) is 3.55. The molecule has 1 unspecified atom stereocenters. The van der Waals surface area contributed by atoms with Crippen LogP contribution in [0.1, 0.15) is 26.3 Å². The van der Waals surface area contributed by atoms with Crippen LogP contribution >= 0.6 is 0 Å². The normalized spacial score (nSPS) is 19.5. The van der Waals surface area contributed by atoms with Crippen molar-refractivity contribution in [3.63, 3.8) is 0 Å². The zero-order valence-electron chi connectivity index (χ0n) is 25.7. The Kier molecular flexibility index (Phi) is 6.43. The Labute approximate surface area is 283 Å². The second-order valence-corrected chi connectivity index (χ2v) is 12.9. The molecule has 0 aliphatic carbocycles. The van der Waals surface area contributed by atoms with E-state index in [9.17, 15) is 0 Å². The van der Waals surface area contributed by atoms with Gasteiger partial charge in [-0.1, -0.05) is 75.0 Å². The fourth-order valence-corrected chi connectivity index (χ4v) is 7.09. The second kappa shape index (κ2) is 10.2. The van der Waals surface area contributed by atoms with Crippen LogP contribution in [0, 0.1) is 18.8 Å². The third-order valence-electron chi connectivity index (χ3n) is 9.27. The number of nitrogens with zero attached hydrogens (tertiary/aromatic N) is 4. The smallest absolute Gasteiger partial charge is 0.225 e. The fourth-order valence-electron chi connectivity index (χ4n) is 7.09. The van der Waals surface area contributed by atoms with Gasteiger partial charge in [0.25, 0.3) is 0 Å². The molecule has 2 aliphatic rings. The molecule has 46 heavy (non-hydrogen) atoms. The number of aromatic nitrogens is 2. The molecule has 1 saturated heterocycles. The molecule has 9 rings (SSSR count). The first-order valence-corrected chi connectivity index (χ1v) is 15.3. The van der Waals surface area contributed by atoms with Crippen molar-refractivity contribution in [1.29, 1.82) is 0 Å². The molecule has 5 nitrogen and oxygen atoms in total. The first kappa shape index (κ1) is 28.9. The van der Waals surface area contributed by atoms with Crippen molar-refractivity contribution in [2.75, 3.05) is 0 Å². The Morgan fingerprint density at radius 3 is 2.22 bits per heavy atom. The van der Waals surface area contributed by atoms with Gasteiger partial charge in [0.2, 0.25) is 11.4 Å². The van der Waals surface area contributed by atoms with Crippen LogP contribution in [0.25, 0.3) is 27.6 Å². The molecule has 0 saturated carbocycles. The Morgan fingerprint density at radius 1 is 0.696 bits per heavy atom. The number of hydrogen-bond donors (Lipinski definition) is 0. The van der Waals surface area contributed by atoms with Crippen LogP contribution in [0.4, 0.5) is 22.7 Å². The summed E-state index contributed by atoms with van der Waals surface area (Å²) in [7, 11) is 0. The van der Waals surface area contributed by atoms with Gasteiger partial charge in [-0.2, -0.15) is 16.7 Å². The van der Waals surface area contributed by atoms with E-state index in [1.54, 1.807) is 0 Å². The largest absolute Gasteiger partial charge is 0.509 e. The van der Waals surface area contributed by atoms with Crippen LogP contribution in [0.2, 0.25) is 0 Å². The Balaban J connectivity index is 0.00000312. The zero-order valence-corrected chi connectivity index (χ0v) is 28.0. The molecule has 2 aromatic heterocycles. The fraction of sp³-hybridized carbons (Fsp3) is 0.100. The first-order chi connectivity index (χ1) is 21.9. The van der Waals surface area contributed by atoms with Crippen LogP contribution in [-0.2, 0) is 26.5 Å². The minimum atomic E-state index is 0. The summed E-state index contributed by atoms with van der Waals surface area (Å²) in [6, 6.07) is 49.5. The Morgan fingerprint density at radius 2 is 1.39 bits per heavy atom. The number of para-hydroxylation sites is 3. The van der Waals surface area contributed by atoms with Gasteiger partial charge in [0.15, 0.2) is 12.4 Å². The van der Waals surface area contributed by atoms with Gasteiger partial charge in [0.05, 0.1) is 11.2 Å². The summed E-state index contributed by atoms with van der Waals surface area (Å²) in [5, 5.41) is 2.27. The van der Waals surface area contributed by atoms with Crippen LogP contribution in [0.3, 0.4) is 0 Å². The van der Waals surface area contributed by atoms with Crippen molar-refractivity contribution >= 4 is 44.7 Å². The van der Waals surface area contributed by atoms with E-state index in [1.807, 2.05) is 36.5 Å². The van der Waals surface area contributed by atoms with E-state index in [1.165, 1.54) is 22.6 Å². The van der Waals surface area contributed by atoms with Gasteiger partial charge in [0, 0.05) is 73.8 Å². The molecule has 228 valence electrons. The van der Waals surface area contributed by atoms with Gasteiger partial charge in [-0.25, -0.2) is 9.58 Å². The van der Waals surface area contributed by atoms with E-state index in [0.29, 0.717) is 20.7 Å². The monoisotopic (exact) mass is 778 g/mol. The maximum absolute atomic E-state index is 6.48. The Bertz CT molecular complexity index is 2250. The maximum atomic E-state index is 6.48. The van der Waals surface area contributed by atoms with Crippen LogP contribution < -0.4 is 13.9 Å². The summed E-state index contributed by atoms with van der Waals surface area (Å²) >= 11 is 0. The number of pyridine rings is 1. The van der Waals surface area contributed by atoms with Gasteiger partial charge < -0.3 is 9.30 Å². The van der Waals surface area contributed by atoms with E-state index >= 15 is 0 Å². The minimum absolute atomic E-state index is 0. The van der Waals surface area contributed by atoms with Crippen molar-refractivity contribution in [2.45, 2.75) is 26.2 Å². The summed E-state index contributed by atoms with van der Waals surface area (Å²) in [5.74, 6) is 1.28. The summed E-state index contributed by atoms with van der Waals surface area (Å²) in [6.07, 6.45) is 1.83. The molecule has 6 heteroatoms. The average molecular weight is 779 g/mol. The Hall–Kier alpha value is -4.54. The standard InChI is InChI=1S/C40H31N4O.Pt/c1-40(2,3)28-12-8-14-30(24-28)43-27-44(43,38-22-7-6-21-37(38)43)31-15-10-17-33(26-31)45-32-16-9-13-29(25-32)42-36-20-5-4-18-34(36)35-19-11-23-41-39(35)42;/h4-24,27H,1-3H3;/q-1;/t43-,44?;/m0./s1. The van der Waals surface area contributed by atoms with Crippen molar-refractivity contribution in [2.24, 2.45) is 0 Å². The van der Waals surface area contributed by atoms with Crippen molar-refractivity contribution in [1.82, 2.24) is 18.7 Å². The third-order valence-corrected chi connectivity index (χ3v) is 9.27. The summed E-state index contributed by atoms with van der Waals surface area (Å²) in [4.78, 5) is 4.72. The quantitative estimate of drug-likeness (QED) is 0.0989. The molecular weight excluding hydrogens is 748 g/mol. The number of hydrogen-bond acceptors (Lipinski definition) is 2. The molecule has 7 aromatic rings. The van der Waals surface area contributed by atoms with Crippen LogP contribution in [0.15, 0.2) is 128 Å². The summed E-state index contributed by atoms with van der Waals surface area (Å²) in [6.45, 7) is 9.18. The van der Waals surface area contributed by atoms with Crippen molar-refractivity contribution in [3.05, 3.63) is 152 Å². The van der Waals surface area contributed by atoms with Gasteiger partial charge >= 0.3 is 0 Å². The molecular formula is C40H31N4OPt-. The molecule has 5 aromatic carbocycles. The molecule has 0 radical (unpaired) electrons. The van der Waals surface area contributed by atoms with Crippen LogP contribution in [0.5, 0.6) is 11.5 Å². The van der Waals surface area contributed by atoms with Gasteiger partial charge in [-0.05, 0) is 29.2 Å². The number of benzene rings is 5. The van der Waals surface area contributed by atoms with E-state index in [4.69, 9.17) is 9.72 Å². The van der Waals surface area contributed by atoms with Crippen molar-refractivity contribution in [3.8, 4) is 17.2 Å². The van der Waals surface area contributed by atoms with Gasteiger partial charge in [-0.3, -0.25) is 0 Å². The molecule has 2 atom stereocenters. The van der Waals surface area contributed by atoms with Crippen molar-refractivity contribution < 1.29 is 25.8 Å². The number of ether oxygens (including phenoxy) is 1. The number of fused-ring (bicyclic) bond motifs is 7. The topological polar surface area (TPSA) is 27.1 Å². The molecule has 1 fully saturated rings. The molecule has 0 N–H and O–H groups in total. The van der Waals surface area contributed by atoms with E-state index in [-0.39, 0.29) is 26.5 Å². The molecule has 4 heterocycles. The van der Waals surface area contributed by atoms with E-state index in [2.05, 4.69) is 135 Å². The summed E-state index contributed by atoms with van der Waals surface area (Å²) in [5.41, 5.74) is 9.09. The summed E-state index contributed by atoms with van der Waals surface area (Å²) < 4.78 is 9.85. The van der Waals surface area contributed by atoms with E-state index < -0.39 is 0 Å². The number of quaternary nitrogens is 2.